The molecule has 0 aromatic heterocycles. The molecule has 18 heavy (non-hydrogen) atoms. The van der Waals surface area contributed by atoms with Crippen molar-refractivity contribution in [3.05, 3.63) is 34.1 Å². The fraction of sp³-hybridized carbons (Fsp3) is 0.500. The summed E-state index contributed by atoms with van der Waals surface area (Å²) < 4.78 is 13.9. The monoisotopic (exact) mass is 313 g/mol. The van der Waals surface area contributed by atoms with Gasteiger partial charge in [-0.05, 0) is 56.5 Å². The lowest BCUT2D eigenvalue weighted by Gasteiger charge is -2.33. The van der Waals surface area contributed by atoms with Crippen LogP contribution < -0.4 is 5.32 Å². The fourth-order valence-corrected chi connectivity index (χ4v) is 2.90. The van der Waals surface area contributed by atoms with E-state index in [9.17, 15) is 9.18 Å². The molecule has 0 amide bonds. The van der Waals surface area contributed by atoms with Crippen LogP contribution in [0, 0.1) is 5.82 Å². The molecule has 0 saturated carbocycles. The summed E-state index contributed by atoms with van der Waals surface area (Å²) >= 11 is 3.25. The van der Waals surface area contributed by atoms with E-state index in [0.29, 0.717) is 4.47 Å². The predicted molar refractivity (Wildman–Crippen MR) is 73.1 cm³/mol. The van der Waals surface area contributed by atoms with Crippen molar-refractivity contribution in [2.24, 2.45) is 0 Å². The molecule has 1 aromatic carbocycles. The van der Waals surface area contributed by atoms with Crippen molar-refractivity contribution < 1.29 is 9.18 Å². The molecule has 2 nitrogen and oxygen atoms in total. The van der Waals surface area contributed by atoms with Gasteiger partial charge in [-0.1, -0.05) is 15.9 Å². The quantitative estimate of drug-likeness (QED) is 0.928. The van der Waals surface area contributed by atoms with Crippen molar-refractivity contribution in [1.82, 2.24) is 5.32 Å². The lowest BCUT2D eigenvalue weighted by molar-refractivity contribution is -0.125. The first kappa shape index (κ1) is 13.7. The molecule has 1 unspecified atom stereocenters. The van der Waals surface area contributed by atoms with Gasteiger partial charge in [0.15, 0.2) is 5.78 Å². The summed E-state index contributed by atoms with van der Waals surface area (Å²) in [5.74, 6) is -0.173. The molecule has 1 aromatic rings. The van der Waals surface area contributed by atoms with E-state index in [0.717, 1.165) is 31.4 Å². The normalized spacial score (nSPS) is 23.9. The van der Waals surface area contributed by atoms with Crippen molar-refractivity contribution in [3.8, 4) is 0 Å². The number of hydrogen-bond donors (Lipinski definition) is 1. The zero-order chi connectivity index (χ0) is 13.2. The van der Waals surface area contributed by atoms with Crippen LogP contribution in [0.2, 0.25) is 0 Å². The van der Waals surface area contributed by atoms with E-state index in [1.54, 1.807) is 6.07 Å². The number of Topliss-reactive ketones (excluding diaryl/α,β-unsaturated/α-hetero) is 1. The average molecular weight is 314 g/mol. The van der Waals surface area contributed by atoms with Crippen LogP contribution in [0.4, 0.5) is 4.39 Å². The van der Waals surface area contributed by atoms with E-state index in [1.807, 2.05) is 6.92 Å². The highest BCUT2D eigenvalue weighted by molar-refractivity contribution is 9.10. The van der Waals surface area contributed by atoms with E-state index in [-0.39, 0.29) is 18.0 Å². The minimum absolute atomic E-state index is 0.139. The van der Waals surface area contributed by atoms with Gasteiger partial charge in [-0.3, -0.25) is 4.79 Å². The Morgan fingerprint density at radius 1 is 1.44 bits per heavy atom. The number of halogens is 2. The van der Waals surface area contributed by atoms with Gasteiger partial charge in [-0.2, -0.15) is 0 Å². The van der Waals surface area contributed by atoms with Gasteiger partial charge in [0.1, 0.15) is 5.82 Å². The number of carbonyl (C=O) groups is 1. The van der Waals surface area contributed by atoms with Crippen molar-refractivity contribution in [3.63, 3.8) is 0 Å². The van der Waals surface area contributed by atoms with Gasteiger partial charge in [0.25, 0.3) is 0 Å². The summed E-state index contributed by atoms with van der Waals surface area (Å²) in [5, 5.41) is 3.29. The molecule has 1 fully saturated rings. The van der Waals surface area contributed by atoms with Crippen molar-refractivity contribution in [2.45, 2.75) is 38.1 Å². The summed E-state index contributed by atoms with van der Waals surface area (Å²) in [7, 11) is 0. The van der Waals surface area contributed by atoms with Crippen molar-refractivity contribution in [1.29, 1.82) is 0 Å². The van der Waals surface area contributed by atoms with Crippen LogP contribution >= 0.6 is 15.9 Å². The standard InChI is InChI=1S/C14H17BrFNO/c1-14(4-2-3-5-17-14)13(18)8-10-6-11(15)9-12(16)7-10/h6-7,9,17H,2-5,8H2,1H3. The Bertz CT molecular complexity index is 435. The number of ketones is 1. The van der Waals surface area contributed by atoms with Crippen LogP contribution in [-0.4, -0.2) is 17.9 Å². The van der Waals surface area contributed by atoms with Crippen LogP contribution in [0.5, 0.6) is 0 Å². The molecule has 1 heterocycles. The van der Waals surface area contributed by atoms with Crippen molar-refractivity contribution in [2.75, 3.05) is 6.54 Å². The van der Waals surface area contributed by atoms with Gasteiger partial charge < -0.3 is 5.32 Å². The fourth-order valence-electron chi connectivity index (χ4n) is 2.39. The molecule has 0 spiro atoms. The molecule has 1 atom stereocenters. The van der Waals surface area contributed by atoms with Crippen LogP contribution in [0.15, 0.2) is 22.7 Å². The van der Waals surface area contributed by atoms with Gasteiger partial charge in [-0.25, -0.2) is 4.39 Å². The summed E-state index contributed by atoms with van der Waals surface area (Å²) in [6, 6.07) is 4.62. The maximum Gasteiger partial charge on any atom is 0.156 e. The maximum absolute atomic E-state index is 13.3. The molecular formula is C14H17BrFNO. The number of piperidine rings is 1. The molecule has 4 heteroatoms. The highest BCUT2D eigenvalue weighted by Gasteiger charge is 2.33. The minimum Gasteiger partial charge on any atom is -0.305 e. The van der Waals surface area contributed by atoms with Gasteiger partial charge in [0.05, 0.1) is 5.54 Å². The highest BCUT2D eigenvalue weighted by Crippen LogP contribution is 2.23. The van der Waals surface area contributed by atoms with E-state index < -0.39 is 5.54 Å². The van der Waals surface area contributed by atoms with Crippen molar-refractivity contribution >= 4 is 21.7 Å². The summed E-state index contributed by atoms with van der Waals surface area (Å²) in [6.07, 6.45) is 3.33. The van der Waals surface area contributed by atoms with Gasteiger partial charge in [-0.15, -0.1) is 0 Å². The van der Waals surface area contributed by atoms with E-state index >= 15 is 0 Å². The number of nitrogens with one attached hydrogen (secondary N) is 1. The van der Waals surface area contributed by atoms with Gasteiger partial charge in [0, 0.05) is 10.9 Å². The summed E-state index contributed by atoms with van der Waals surface area (Å²) in [4.78, 5) is 12.3. The Morgan fingerprint density at radius 3 is 2.83 bits per heavy atom. The zero-order valence-electron chi connectivity index (χ0n) is 10.4. The van der Waals surface area contributed by atoms with Crippen LogP contribution in [-0.2, 0) is 11.2 Å². The number of hydrogen-bond acceptors (Lipinski definition) is 2. The second-order valence-electron chi connectivity index (χ2n) is 5.09. The van der Waals surface area contributed by atoms with Crippen LogP contribution in [0.1, 0.15) is 31.7 Å². The van der Waals surface area contributed by atoms with Gasteiger partial charge >= 0.3 is 0 Å². The third-order valence-electron chi connectivity index (χ3n) is 3.52. The van der Waals surface area contributed by atoms with E-state index in [2.05, 4.69) is 21.2 Å². The molecule has 1 N–H and O–H groups in total. The second-order valence-corrected chi connectivity index (χ2v) is 6.01. The molecule has 1 aliphatic heterocycles. The highest BCUT2D eigenvalue weighted by atomic mass is 79.9. The number of carbonyl (C=O) groups excluding carboxylic acids is 1. The third kappa shape index (κ3) is 3.18. The zero-order valence-corrected chi connectivity index (χ0v) is 12.0. The Labute approximate surface area is 115 Å². The molecular weight excluding hydrogens is 297 g/mol. The predicted octanol–water partition coefficient (Wildman–Crippen LogP) is 3.23. The topological polar surface area (TPSA) is 29.1 Å². The SMILES string of the molecule is CC1(C(=O)Cc2cc(F)cc(Br)c2)CCCCN1. The molecule has 0 aliphatic carbocycles. The maximum atomic E-state index is 13.3. The summed E-state index contributed by atoms with van der Waals surface area (Å²) in [5.41, 5.74) is 0.275. The Morgan fingerprint density at radius 2 is 2.22 bits per heavy atom. The molecule has 0 radical (unpaired) electrons. The smallest absolute Gasteiger partial charge is 0.156 e. The summed E-state index contributed by atoms with van der Waals surface area (Å²) in [6.45, 7) is 2.83. The lowest BCUT2D eigenvalue weighted by Crippen LogP contribution is -2.52. The first-order valence-corrected chi connectivity index (χ1v) is 7.02. The van der Waals surface area contributed by atoms with Crippen LogP contribution in [0.3, 0.4) is 0 Å². The molecule has 2 rings (SSSR count). The first-order valence-electron chi connectivity index (χ1n) is 6.23. The molecule has 1 saturated heterocycles. The third-order valence-corrected chi connectivity index (χ3v) is 3.98. The van der Waals surface area contributed by atoms with Gasteiger partial charge in [0.2, 0.25) is 0 Å². The lowest BCUT2D eigenvalue weighted by atomic mass is 9.84. The minimum atomic E-state index is -0.447. The Kier molecular flexibility index (Phi) is 4.17. The number of benzene rings is 1. The first-order chi connectivity index (χ1) is 8.49. The largest absolute Gasteiger partial charge is 0.305 e. The number of rotatable bonds is 3. The Hall–Kier alpha value is -0.740. The van der Waals surface area contributed by atoms with E-state index in [4.69, 9.17) is 0 Å². The van der Waals surface area contributed by atoms with E-state index in [1.165, 1.54) is 12.1 Å². The average Bonchev–Trinajstić information content (AvgIpc) is 2.28. The Balaban J connectivity index is 2.10. The molecule has 0 bridgehead atoms. The molecule has 1 aliphatic rings. The molecule has 98 valence electrons. The second kappa shape index (κ2) is 5.49. The van der Waals surface area contributed by atoms with Crippen LogP contribution in [0.25, 0.3) is 0 Å².